The Labute approximate surface area is 166 Å². The van der Waals surface area contributed by atoms with Gasteiger partial charge >= 0.3 is 0 Å². The zero-order valence-electron chi connectivity index (χ0n) is 14.8. The predicted octanol–water partition coefficient (Wildman–Crippen LogP) is 1.15. The summed E-state index contributed by atoms with van der Waals surface area (Å²) in [6.07, 6.45) is 2.20. The van der Waals surface area contributed by atoms with E-state index in [9.17, 15) is 0 Å². The van der Waals surface area contributed by atoms with Gasteiger partial charge in [0.25, 0.3) is 0 Å². The fraction of sp³-hybridized carbons (Fsp3) is 0.286. The second-order valence-corrected chi connectivity index (χ2v) is 6.76. The van der Waals surface area contributed by atoms with Crippen LogP contribution >= 0.6 is 0 Å². The molecule has 2 aliphatic heterocycles. The molecular formula is C21H22INO2. The van der Waals surface area contributed by atoms with Gasteiger partial charge in [-0.2, -0.15) is 4.58 Å². The van der Waals surface area contributed by atoms with Crippen LogP contribution in [0.3, 0.4) is 0 Å². The Morgan fingerprint density at radius 2 is 1.76 bits per heavy atom. The Balaban J connectivity index is 0.00000182. The van der Waals surface area contributed by atoms with Crippen molar-refractivity contribution in [2.75, 3.05) is 20.3 Å². The normalized spacial score (nSPS) is 17.5. The Morgan fingerprint density at radius 3 is 2.48 bits per heavy atom. The summed E-state index contributed by atoms with van der Waals surface area (Å²) in [4.78, 5) is 0. The summed E-state index contributed by atoms with van der Waals surface area (Å²) in [6, 6.07) is 16.7. The number of para-hydroxylation sites is 1. The molecule has 4 heteroatoms. The summed E-state index contributed by atoms with van der Waals surface area (Å²) in [7, 11) is 1.68. The molecule has 0 aromatic heterocycles. The molecule has 0 spiro atoms. The van der Waals surface area contributed by atoms with Crippen molar-refractivity contribution in [3.05, 3.63) is 65.7 Å². The van der Waals surface area contributed by atoms with Gasteiger partial charge in [-0.3, -0.25) is 0 Å². The quantitative estimate of drug-likeness (QED) is 0.509. The number of methoxy groups -OCH3 is 1. The van der Waals surface area contributed by atoms with Crippen LogP contribution in [0.5, 0.6) is 5.75 Å². The zero-order valence-corrected chi connectivity index (χ0v) is 16.9. The van der Waals surface area contributed by atoms with Crippen LogP contribution in [-0.4, -0.2) is 30.5 Å². The predicted molar refractivity (Wildman–Crippen MR) is 96.2 cm³/mol. The number of hydrogen-bond donors (Lipinski definition) is 0. The van der Waals surface area contributed by atoms with Crippen molar-refractivity contribution in [1.29, 1.82) is 0 Å². The summed E-state index contributed by atoms with van der Waals surface area (Å²) in [5.74, 6) is 1.78. The number of benzene rings is 2. The van der Waals surface area contributed by atoms with E-state index in [1.165, 1.54) is 17.0 Å². The molecule has 25 heavy (non-hydrogen) atoms. The highest BCUT2D eigenvalue weighted by Crippen LogP contribution is 2.41. The molecule has 2 heterocycles. The van der Waals surface area contributed by atoms with Crippen LogP contribution in [-0.2, 0) is 10.2 Å². The maximum absolute atomic E-state index is 6.07. The molecule has 0 atom stereocenters. The molecule has 0 radical (unpaired) electrons. The molecule has 130 valence electrons. The molecule has 0 aliphatic carbocycles. The lowest BCUT2D eigenvalue weighted by Gasteiger charge is -2.16. The molecule has 0 fully saturated rings. The summed E-state index contributed by atoms with van der Waals surface area (Å²) in [5.41, 5.74) is 5.03. The highest BCUT2D eigenvalue weighted by atomic mass is 127. The highest BCUT2D eigenvalue weighted by molar-refractivity contribution is 6.06. The van der Waals surface area contributed by atoms with Crippen LogP contribution in [0, 0.1) is 0 Å². The van der Waals surface area contributed by atoms with Gasteiger partial charge < -0.3 is 33.5 Å². The van der Waals surface area contributed by atoms with E-state index in [-0.39, 0.29) is 29.4 Å². The Kier molecular flexibility index (Phi) is 4.91. The van der Waals surface area contributed by atoms with Crippen molar-refractivity contribution in [2.45, 2.75) is 19.3 Å². The molecule has 0 amide bonds. The molecule has 0 bridgehead atoms. The van der Waals surface area contributed by atoms with Crippen LogP contribution in [0.4, 0.5) is 5.69 Å². The van der Waals surface area contributed by atoms with Crippen LogP contribution in [0.15, 0.2) is 54.6 Å². The summed E-state index contributed by atoms with van der Waals surface area (Å²) in [5, 5.41) is 0. The largest absolute Gasteiger partial charge is 1.00 e. The highest BCUT2D eigenvalue weighted by Gasteiger charge is 2.45. The Hall–Kier alpha value is -1.82. The maximum Gasteiger partial charge on any atom is 0.209 e. The van der Waals surface area contributed by atoms with Gasteiger partial charge in [-0.25, -0.2) is 0 Å². The lowest BCUT2D eigenvalue weighted by atomic mass is 9.81. The first kappa shape index (κ1) is 18.0. The van der Waals surface area contributed by atoms with Gasteiger partial charge in [0.05, 0.1) is 12.5 Å². The number of hydrogen-bond acceptors (Lipinski definition) is 2. The van der Waals surface area contributed by atoms with Crippen molar-refractivity contribution in [3.8, 4) is 5.75 Å². The van der Waals surface area contributed by atoms with Gasteiger partial charge in [-0.15, -0.1) is 0 Å². The van der Waals surface area contributed by atoms with Crippen molar-refractivity contribution in [1.82, 2.24) is 0 Å². The number of ether oxygens (including phenoxy) is 2. The van der Waals surface area contributed by atoms with E-state index < -0.39 is 0 Å². The average Bonchev–Trinajstić information content (AvgIpc) is 2.77. The van der Waals surface area contributed by atoms with Crippen molar-refractivity contribution >= 4 is 17.2 Å². The van der Waals surface area contributed by atoms with Gasteiger partial charge in [0.1, 0.15) is 18.1 Å². The first-order valence-electron chi connectivity index (χ1n) is 8.34. The van der Waals surface area contributed by atoms with Gasteiger partial charge in [-0.05, 0) is 38.1 Å². The topological polar surface area (TPSA) is 21.5 Å². The number of allylic oxidation sites excluding steroid dienone is 1. The first-order chi connectivity index (χ1) is 11.6. The zero-order chi connectivity index (χ0) is 16.7. The SMILES string of the molecule is COc1ccc(C2=CC3=[N+](CCO2)c2ccccc2C3(C)C)cc1.[I-]. The number of fused-ring (bicyclic) bond motifs is 2. The van der Waals surface area contributed by atoms with Gasteiger partial charge in [0.2, 0.25) is 5.69 Å². The summed E-state index contributed by atoms with van der Waals surface area (Å²) >= 11 is 0. The molecule has 0 N–H and O–H groups in total. The van der Waals surface area contributed by atoms with Crippen LogP contribution in [0.2, 0.25) is 0 Å². The number of halogens is 1. The minimum atomic E-state index is -0.0258. The second-order valence-electron chi connectivity index (χ2n) is 6.76. The van der Waals surface area contributed by atoms with Crippen LogP contribution in [0.25, 0.3) is 5.76 Å². The lowest BCUT2D eigenvalue weighted by molar-refractivity contribution is -0.439. The Morgan fingerprint density at radius 1 is 1.04 bits per heavy atom. The Bertz CT molecular complexity index is 850. The molecular weight excluding hydrogens is 425 g/mol. The third-order valence-corrected chi connectivity index (χ3v) is 5.01. The molecule has 2 aromatic rings. The molecule has 0 saturated heterocycles. The van der Waals surface area contributed by atoms with E-state index in [2.05, 4.69) is 60.9 Å². The van der Waals surface area contributed by atoms with E-state index in [0.29, 0.717) is 6.61 Å². The smallest absolute Gasteiger partial charge is 0.209 e. The molecule has 2 aromatic carbocycles. The van der Waals surface area contributed by atoms with Crippen LogP contribution in [0.1, 0.15) is 25.0 Å². The fourth-order valence-electron chi connectivity index (χ4n) is 3.68. The minimum Gasteiger partial charge on any atom is -1.00 e. The fourth-order valence-corrected chi connectivity index (χ4v) is 3.68. The molecule has 4 rings (SSSR count). The van der Waals surface area contributed by atoms with Gasteiger partial charge in [0.15, 0.2) is 12.3 Å². The standard InChI is InChI=1S/C21H22NO2.HI/c1-21(2)17-6-4-5-7-18(17)22-12-13-24-19(14-20(21)22)15-8-10-16(23-3)11-9-15;/h4-11,14H,12-13H2,1-3H3;1H/q+1;/p-1. The van der Waals surface area contributed by atoms with Crippen molar-refractivity contribution < 1.29 is 38.0 Å². The molecule has 3 nitrogen and oxygen atoms in total. The number of rotatable bonds is 2. The van der Waals surface area contributed by atoms with E-state index in [1.807, 2.05) is 12.1 Å². The average molecular weight is 447 g/mol. The second kappa shape index (κ2) is 6.83. The van der Waals surface area contributed by atoms with Crippen LogP contribution < -0.4 is 28.7 Å². The maximum atomic E-state index is 6.07. The van der Waals surface area contributed by atoms with E-state index in [1.54, 1.807) is 7.11 Å². The monoisotopic (exact) mass is 447 g/mol. The van der Waals surface area contributed by atoms with Gasteiger partial charge in [0, 0.05) is 23.3 Å². The summed E-state index contributed by atoms with van der Waals surface area (Å²) < 4.78 is 13.7. The van der Waals surface area contributed by atoms with E-state index in [0.717, 1.165) is 23.6 Å². The lowest BCUT2D eigenvalue weighted by Crippen LogP contribution is -3.00. The third-order valence-electron chi connectivity index (χ3n) is 5.01. The number of nitrogens with zero attached hydrogens (tertiary/aromatic N) is 1. The molecule has 2 aliphatic rings. The minimum absolute atomic E-state index is 0. The summed E-state index contributed by atoms with van der Waals surface area (Å²) in [6.45, 7) is 6.11. The first-order valence-corrected chi connectivity index (χ1v) is 8.34. The third kappa shape index (κ3) is 2.97. The van der Waals surface area contributed by atoms with E-state index >= 15 is 0 Å². The van der Waals surface area contributed by atoms with Crippen molar-refractivity contribution in [3.63, 3.8) is 0 Å². The van der Waals surface area contributed by atoms with Crippen molar-refractivity contribution in [2.24, 2.45) is 0 Å². The van der Waals surface area contributed by atoms with E-state index in [4.69, 9.17) is 9.47 Å². The molecule has 0 saturated carbocycles. The molecule has 0 unspecified atom stereocenters. The van der Waals surface area contributed by atoms with Gasteiger partial charge in [-0.1, -0.05) is 18.2 Å².